The molecular weight excluding hydrogens is 389 g/mol. The Morgan fingerprint density at radius 3 is 2.53 bits per heavy atom. The van der Waals surface area contributed by atoms with E-state index in [9.17, 15) is 18.8 Å². The Morgan fingerprint density at radius 2 is 1.93 bits per heavy atom. The molecule has 1 aromatic carbocycles. The second-order valence-electron chi connectivity index (χ2n) is 9.03. The zero-order chi connectivity index (χ0) is 21.9. The van der Waals surface area contributed by atoms with E-state index in [-0.39, 0.29) is 18.4 Å². The van der Waals surface area contributed by atoms with Gasteiger partial charge in [-0.05, 0) is 58.1 Å². The lowest BCUT2D eigenvalue weighted by Crippen LogP contribution is -2.42. The maximum absolute atomic E-state index is 14.6. The maximum atomic E-state index is 14.6. The van der Waals surface area contributed by atoms with Crippen LogP contribution in [0.3, 0.4) is 0 Å². The number of ether oxygens (including phenoxy) is 1. The minimum Gasteiger partial charge on any atom is -0.444 e. The lowest BCUT2D eigenvalue weighted by atomic mass is 9.90. The lowest BCUT2D eigenvalue weighted by Gasteiger charge is -2.33. The van der Waals surface area contributed by atoms with Gasteiger partial charge in [0.2, 0.25) is 11.8 Å². The van der Waals surface area contributed by atoms with E-state index in [1.807, 2.05) is 20.8 Å². The third-order valence-electron chi connectivity index (χ3n) is 5.48. The number of rotatable bonds is 4. The molecule has 2 heterocycles. The van der Waals surface area contributed by atoms with Gasteiger partial charge in [0.15, 0.2) is 0 Å². The SMILES string of the molecule is CC(C)(C)OC(=O)N1CCC(CNc2ccc(C3CCC(=O)NC3=O)c(F)c2)CC1. The smallest absolute Gasteiger partial charge is 0.410 e. The van der Waals surface area contributed by atoms with Crippen molar-refractivity contribution in [2.75, 3.05) is 25.0 Å². The van der Waals surface area contributed by atoms with Gasteiger partial charge in [0, 0.05) is 37.3 Å². The second-order valence-corrected chi connectivity index (χ2v) is 9.03. The molecule has 8 heteroatoms. The summed E-state index contributed by atoms with van der Waals surface area (Å²) in [5.41, 5.74) is 0.467. The number of anilines is 1. The summed E-state index contributed by atoms with van der Waals surface area (Å²) >= 11 is 0. The summed E-state index contributed by atoms with van der Waals surface area (Å²) in [7, 11) is 0. The van der Waals surface area contributed by atoms with Crippen LogP contribution >= 0.6 is 0 Å². The monoisotopic (exact) mass is 419 g/mol. The maximum Gasteiger partial charge on any atom is 0.410 e. The Hall–Kier alpha value is -2.64. The van der Waals surface area contributed by atoms with Gasteiger partial charge in [-0.3, -0.25) is 14.9 Å². The third kappa shape index (κ3) is 5.70. The lowest BCUT2D eigenvalue weighted by molar-refractivity contribution is -0.134. The van der Waals surface area contributed by atoms with Crippen LogP contribution < -0.4 is 10.6 Å². The molecule has 0 saturated carbocycles. The molecule has 2 saturated heterocycles. The highest BCUT2D eigenvalue weighted by molar-refractivity contribution is 6.01. The first-order valence-electron chi connectivity index (χ1n) is 10.5. The number of carbonyl (C=O) groups excluding carboxylic acids is 3. The summed E-state index contributed by atoms with van der Waals surface area (Å²) in [6.07, 6.45) is 1.97. The van der Waals surface area contributed by atoms with Crippen LogP contribution in [0.4, 0.5) is 14.9 Å². The fourth-order valence-electron chi connectivity index (χ4n) is 3.82. The molecule has 0 aromatic heterocycles. The molecular formula is C22H30FN3O4. The number of likely N-dealkylation sites (tertiary alicyclic amines) is 1. The van der Waals surface area contributed by atoms with Crippen molar-refractivity contribution >= 4 is 23.6 Å². The number of imide groups is 1. The molecule has 3 rings (SSSR count). The highest BCUT2D eigenvalue weighted by Gasteiger charge is 2.30. The Kier molecular flexibility index (Phi) is 6.63. The molecule has 0 bridgehead atoms. The van der Waals surface area contributed by atoms with Gasteiger partial charge in [-0.2, -0.15) is 0 Å². The minimum absolute atomic E-state index is 0.220. The molecule has 3 amide bonds. The average molecular weight is 419 g/mol. The van der Waals surface area contributed by atoms with Gasteiger partial charge in [0.25, 0.3) is 0 Å². The number of piperidine rings is 2. The predicted octanol–water partition coefficient (Wildman–Crippen LogP) is 3.40. The molecule has 0 spiro atoms. The number of hydrogen-bond acceptors (Lipinski definition) is 5. The normalized spacial score (nSPS) is 20.7. The molecule has 30 heavy (non-hydrogen) atoms. The number of amides is 3. The van der Waals surface area contributed by atoms with Crippen LogP contribution in [0, 0.1) is 11.7 Å². The van der Waals surface area contributed by atoms with E-state index in [0.717, 1.165) is 12.8 Å². The van der Waals surface area contributed by atoms with E-state index in [1.165, 1.54) is 6.07 Å². The van der Waals surface area contributed by atoms with Gasteiger partial charge in [0.1, 0.15) is 11.4 Å². The Morgan fingerprint density at radius 1 is 1.23 bits per heavy atom. The molecule has 1 aromatic rings. The van der Waals surface area contributed by atoms with E-state index in [2.05, 4.69) is 10.6 Å². The highest BCUT2D eigenvalue weighted by atomic mass is 19.1. The van der Waals surface area contributed by atoms with E-state index in [1.54, 1.807) is 17.0 Å². The first kappa shape index (κ1) is 22.1. The average Bonchev–Trinajstić information content (AvgIpc) is 2.66. The second kappa shape index (κ2) is 9.02. The summed E-state index contributed by atoms with van der Waals surface area (Å²) in [5, 5.41) is 5.52. The summed E-state index contributed by atoms with van der Waals surface area (Å²) in [4.78, 5) is 37.1. The van der Waals surface area contributed by atoms with Gasteiger partial charge in [-0.1, -0.05) is 6.07 Å². The zero-order valence-electron chi connectivity index (χ0n) is 17.8. The molecule has 2 fully saturated rings. The topological polar surface area (TPSA) is 87.7 Å². The molecule has 0 aliphatic carbocycles. The molecule has 2 aliphatic rings. The molecule has 1 unspecified atom stereocenters. The number of carbonyl (C=O) groups is 3. The number of benzene rings is 1. The van der Waals surface area contributed by atoms with E-state index >= 15 is 0 Å². The first-order chi connectivity index (χ1) is 14.1. The van der Waals surface area contributed by atoms with Crippen LogP contribution in [-0.4, -0.2) is 48.0 Å². The predicted molar refractivity (Wildman–Crippen MR) is 111 cm³/mol. The Bertz CT molecular complexity index is 813. The molecule has 164 valence electrons. The Labute approximate surface area is 176 Å². The number of halogens is 1. The number of hydrogen-bond donors (Lipinski definition) is 2. The zero-order valence-corrected chi connectivity index (χ0v) is 17.8. The van der Waals surface area contributed by atoms with Crippen molar-refractivity contribution in [2.45, 2.75) is 58.0 Å². The van der Waals surface area contributed by atoms with Crippen LogP contribution in [0.5, 0.6) is 0 Å². The van der Waals surface area contributed by atoms with Crippen molar-refractivity contribution in [1.82, 2.24) is 10.2 Å². The van der Waals surface area contributed by atoms with Crippen LogP contribution in [0.15, 0.2) is 18.2 Å². The van der Waals surface area contributed by atoms with Gasteiger partial charge in [0.05, 0.1) is 5.92 Å². The number of nitrogens with one attached hydrogen (secondary N) is 2. The van der Waals surface area contributed by atoms with Crippen molar-refractivity contribution in [1.29, 1.82) is 0 Å². The first-order valence-corrected chi connectivity index (χ1v) is 10.5. The summed E-state index contributed by atoms with van der Waals surface area (Å²) in [5.74, 6) is -1.46. The summed E-state index contributed by atoms with van der Waals surface area (Å²) in [6, 6.07) is 4.77. The third-order valence-corrected chi connectivity index (χ3v) is 5.48. The van der Waals surface area contributed by atoms with Crippen LogP contribution in [0.25, 0.3) is 0 Å². The fraction of sp³-hybridized carbons (Fsp3) is 0.591. The van der Waals surface area contributed by atoms with Crippen molar-refractivity contribution in [3.05, 3.63) is 29.6 Å². The van der Waals surface area contributed by atoms with Gasteiger partial charge in [-0.15, -0.1) is 0 Å². The summed E-state index contributed by atoms with van der Waals surface area (Å²) < 4.78 is 20.0. The van der Waals surface area contributed by atoms with Crippen molar-refractivity contribution in [3.63, 3.8) is 0 Å². The molecule has 7 nitrogen and oxygen atoms in total. The summed E-state index contributed by atoms with van der Waals surface area (Å²) in [6.45, 7) is 7.53. The van der Waals surface area contributed by atoms with Crippen molar-refractivity contribution < 1.29 is 23.5 Å². The van der Waals surface area contributed by atoms with E-state index in [4.69, 9.17) is 4.74 Å². The molecule has 1 atom stereocenters. The van der Waals surface area contributed by atoms with Gasteiger partial charge >= 0.3 is 6.09 Å². The quantitative estimate of drug-likeness (QED) is 0.731. The molecule has 2 aliphatic heterocycles. The van der Waals surface area contributed by atoms with E-state index < -0.39 is 23.2 Å². The van der Waals surface area contributed by atoms with Gasteiger partial charge in [-0.25, -0.2) is 9.18 Å². The standard InChI is InChI=1S/C22H30FN3O4/c1-22(2,3)30-21(29)26-10-8-14(9-11-26)13-24-15-4-5-16(18(23)12-15)17-6-7-19(27)25-20(17)28/h4-5,12,14,17,24H,6-11,13H2,1-3H3,(H,25,27,28). The van der Waals surface area contributed by atoms with Crippen molar-refractivity contribution in [3.8, 4) is 0 Å². The highest BCUT2D eigenvalue weighted by Crippen LogP contribution is 2.29. The van der Waals surface area contributed by atoms with Crippen LogP contribution in [0.2, 0.25) is 0 Å². The fourth-order valence-corrected chi connectivity index (χ4v) is 3.82. The molecule has 0 radical (unpaired) electrons. The van der Waals surface area contributed by atoms with Crippen LogP contribution in [0.1, 0.15) is 57.9 Å². The van der Waals surface area contributed by atoms with Gasteiger partial charge < -0.3 is 15.0 Å². The Balaban J connectivity index is 1.49. The minimum atomic E-state index is -0.631. The van der Waals surface area contributed by atoms with Crippen LogP contribution in [-0.2, 0) is 14.3 Å². The molecule has 2 N–H and O–H groups in total. The van der Waals surface area contributed by atoms with Crippen molar-refractivity contribution in [2.24, 2.45) is 5.92 Å². The largest absolute Gasteiger partial charge is 0.444 e. The number of nitrogens with zero attached hydrogens (tertiary/aromatic N) is 1. The van der Waals surface area contributed by atoms with E-state index in [0.29, 0.717) is 43.2 Å².